The van der Waals surface area contributed by atoms with Crippen LogP contribution in [0.3, 0.4) is 0 Å². The van der Waals surface area contributed by atoms with E-state index in [2.05, 4.69) is 69.8 Å². The van der Waals surface area contributed by atoms with Crippen LogP contribution in [0.5, 0.6) is 5.75 Å². The number of esters is 9. The van der Waals surface area contributed by atoms with Crippen molar-refractivity contribution < 1.29 is 118 Å². The molecule has 16 atom stereocenters. The molecule has 8 heterocycles. The summed E-state index contributed by atoms with van der Waals surface area (Å²) in [5, 5.41) is 4.32. The SMILES string of the molecule is C=C1C(=O)OC2CC3=C[C@@H](C/C(C)=C/[C@@H](OC(=O)Cc4ccc5cc(C)ccc5c4)[C@H]12)OC3=O.C=C1OC2CC3=C[C@@H](C/C(C)=C/[C@@H](OC(=O)/C=C/c4cccc(OC(F)(F)F)c4)[C@@H]2C1=C)OC3=O.C=C1OC2CC3=C[C@@H](C/C(C)=C/[C@@H](OC(=O)Cc4ccc(C)cc4)[C@@H]2C1=C)OC3=O.C=C1OC2CC3=C[C@@H](C/C(C)=C/[C@@H](OC(=O)Cc4cccc5cc(C)ccc45)[C@@H]2C1=C)OC3=O. The summed E-state index contributed by atoms with van der Waals surface area (Å²) in [5.74, 6) is -4.51. The van der Waals surface area contributed by atoms with Gasteiger partial charge >= 0.3 is 60.1 Å². The molecule has 0 aromatic heterocycles. The van der Waals surface area contributed by atoms with Crippen LogP contribution in [0.1, 0.15) is 118 Å². The van der Waals surface area contributed by atoms with Crippen molar-refractivity contribution in [2.24, 2.45) is 23.7 Å². The van der Waals surface area contributed by atoms with Crippen molar-refractivity contribution in [1.29, 1.82) is 0 Å². The highest BCUT2D eigenvalue weighted by atomic mass is 19.4. The van der Waals surface area contributed by atoms with Crippen molar-refractivity contribution in [3.8, 4) is 5.75 Å². The van der Waals surface area contributed by atoms with E-state index in [1.807, 2.05) is 157 Å². The molecule has 6 aromatic rings. The molecule has 6 aromatic carbocycles. The van der Waals surface area contributed by atoms with E-state index >= 15 is 0 Å². The van der Waals surface area contributed by atoms with Crippen molar-refractivity contribution >= 4 is 81.3 Å². The number of carbonyl (C=O) groups is 9. The van der Waals surface area contributed by atoms with Gasteiger partial charge in [0.25, 0.3) is 0 Å². The van der Waals surface area contributed by atoms with Crippen molar-refractivity contribution in [1.82, 2.24) is 0 Å². The molecule has 0 N–H and O–H groups in total. The van der Waals surface area contributed by atoms with Crippen LogP contribution in [0.4, 0.5) is 13.2 Å². The molecule has 4 unspecified atom stereocenters. The first-order valence-electron chi connectivity index (χ1n) is 44.1. The number of fused-ring (bicyclic) bond motifs is 10. The molecule has 133 heavy (non-hydrogen) atoms. The first-order valence-corrected chi connectivity index (χ1v) is 44.1. The number of carbonyl (C=O) groups excluding carboxylic acids is 9. The Morgan fingerprint density at radius 3 is 1.20 bits per heavy atom. The monoisotopic (exact) mass is 1810 g/mol. The van der Waals surface area contributed by atoms with Crippen LogP contribution in [-0.2, 0) is 119 Å². The maximum atomic E-state index is 13.2. The van der Waals surface area contributed by atoms with Gasteiger partial charge in [-0.2, -0.15) is 0 Å². The maximum Gasteiger partial charge on any atom is 0.573 e. The minimum atomic E-state index is -4.82. The Labute approximate surface area is 768 Å². The number of ether oxygens (including phenoxy) is 13. The number of halogens is 3. The summed E-state index contributed by atoms with van der Waals surface area (Å²) in [7, 11) is 0. The van der Waals surface area contributed by atoms with E-state index in [4.69, 9.17) is 56.8 Å². The topological polar surface area (TPSA) is 274 Å². The summed E-state index contributed by atoms with van der Waals surface area (Å²) in [4.78, 5) is 113. The second-order valence-electron chi connectivity index (χ2n) is 35.7. The Balaban J connectivity index is 0.000000136. The van der Waals surface area contributed by atoms with Gasteiger partial charge in [-0.1, -0.05) is 194 Å². The van der Waals surface area contributed by atoms with Crippen molar-refractivity contribution in [2.75, 3.05) is 0 Å². The summed E-state index contributed by atoms with van der Waals surface area (Å²) in [5.41, 5.74) is 14.5. The minimum Gasteiger partial charge on any atom is -0.490 e. The van der Waals surface area contributed by atoms with Gasteiger partial charge in [0.2, 0.25) is 0 Å². The molecular weight excluding hydrogens is 1710 g/mol. The first kappa shape index (κ1) is 93.6. The Morgan fingerprint density at radius 1 is 0.368 bits per heavy atom. The average molecular weight is 1810 g/mol. The third-order valence-corrected chi connectivity index (χ3v) is 25.2. The molecule has 8 aliphatic heterocycles. The maximum absolute atomic E-state index is 13.2. The van der Waals surface area contributed by atoms with Crippen LogP contribution in [0.25, 0.3) is 27.6 Å². The Morgan fingerprint density at radius 2 is 0.744 bits per heavy atom. The van der Waals surface area contributed by atoms with E-state index in [9.17, 15) is 56.3 Å². The molecule has 0 spiro atoms. The van der Waals surface area contributed by atoms with Crippen LogP contribution in [0.2, 0.25) is 0 Å². The van der Waals surface area contributed by atoms with Crippen molar-refractivity contribution in [3.63, 3.8) is 0 Å². The predicted molar refractivity (Wildman–Crippen MR) is 488 cm³/mol. The molecule has 0 radical (unpaired) electrons. The summed E-state index contributed by atoms with van der Waals surface area (Å²) in [6.07, 6.45) is 10.1. The number of rotatable bonds is 13. The average Bonchev–Trinajstić information content (AvgIpc) is 1.68. The minimum absolute atomic E-state index is 0.0985. The summed E-state index contributed by atoms with van der Waals surface area (Å²) in [6, 6.07) is 37.3. The first-order chi connectivity index (χ1) is 63.3. The molecular formula is C108H103F3O22. The normalized spacial score (nSPS) is 28.3. The highest BCUT2D eigenvalue weighted by molar-refractivity contribution is 5.95. The molecule has 4 aliphatic carbocycles. The summed E-state index contributed by atoms with van der Waals surface area (Å²) in [6.45, 7) is 41.7. The third kappa shape index (κ3) is 22.6. The molecule has 12 aliphatic rings. The highest BCUT2D eigenvalue weighted by Gasteiger charge is 2.50. The number of allylic oxidation sites excluding steroid dienone is 3. The third-order valence-electron chi connectivity index (χ3n) is 25.2. The van der Waals surface area contributed by atoms with E-state index < -0.39 is 103 Å². The van der Waals surface area contributed by atoms with E-state index in [1.54, 1.807) is 18.2 Å². The van der Waals surface area contributed by atoms with Gasteiger partial charge in [-0.05, 0) is 176 Å². The smallest absolute Gasteiger partial charge is 0.490 e. The van der Waals surface area contributed by atoms with E-state index in [-0.39, 0.29) is 97.8 Å². The van der Waals surface area contributed by atoms with Gasteiger partial charge in [-0.15, -0.1) is 13.2 Å². The second-order valence-corrected chi connectivity index (χ2v) is 35.7. The molecule has 18 rings (SSSR count). The molecule has 22 nitrogen and oxygen atoms in total. The molecule has 8 bridgehead atoms. The van der Waals surface area contributed by atoms with Crippen LogP contribution >= 0.6 is 0 Å². The van der Waals surface area contributed by atoms with Crippen molar-refractivity contribution in [2.45, 2.75) is 199 Å². The van der Waals surface area contributed by atoms with Gasteiger partial charge < -0.3 is 61.6 Å². The largest absolute Gasteiger partial charge is 0.573 e. The molecule has 4 fully saturated rings. The van der Waals surface area contributed by atoms with Gasteiger partial charge in [0.05, 0.1) is 42.9 Å². The van der Waals surface area contributed by atoms with E-state index in [0.29, 0.717) is 100 Å². The zero-order chi connectivity index (χ0) is 94.7. The standard InChI is InChI=1S/C29H28O5.C28H26O6.C26H23F3O6.C25H26O5/c1-16-8-9-24-20(10-16)6-5-7-21(24)15-27(30)34-25-12-17(2)11-23-13-22(29(31)33-23)14-26-28(25)18(3)19(4)32-26;1-15-4-6-20-11-18(5-7-19(20)8-15)12-25(29)33-23-10-16(2)9-22-13-21(28(31)32-22)14-24-26(23)17(3)27(30)34-24;1-14-9-20-12-18(25(31)33-20)13-22-24(15(2)16(3)32-22)21(10-14)34-23(30)8-7-17-5-4-6-19(11-17)35-26(27,28)29;1-14-5-7-18(8-6-14)11-23(26)30-21-10-15(2)9-20-12-19(25(27)29-20)13-22-24(21)16(3)17(4)28-22/h5-10,12-13,23,25-26,28H,3-4,11,14-15H2,1-2H3;4-8,10-11,13,22-24,26H,3,9,12,14H2,1-2H3;4-8,10-12,20-22,24H,2-3,9,13H2,1H3;5-8,10,12,20-22,24H,3-4,9,11,13H2,1-2H3/b17-12+;16-10+;8-7+,14-10+;15-10+/t23-,25-,26?,28+;22-,23-,24?,26+;2*20-,21-,22?,24+/m1111/s1. The Kier molecular flexibility index (Phi) is 27.8. The van der Waals surface area contributed by atoms with Crippen LogP contribution in [0.15, 0.2) is 306 Å². The number of hydrogen-bond acceptors (Lipinski definition) is 22. The van der Waals surface area contributed by atoms with Gasteiger partial charge in [-0.25, -0.2) is 28.8 Å². The second kappa shape index (κ2) is 39.5. The van der Waals surface area contributed by atoms with Gasteiger partial charge in [0, 0.05) is 85.3 Å². The van der Waals surface area contributed by atoms with Crippen molar-refractivity contribution in [3.05, 3.63) is 345 Å². The zero-order valence-corrected chi connectivity index (χ0v) is 74.9. The highest BCUT2D eigenvalue weighted by Crippen LogP contribution is 2.47. The summed E-state index contributed by atoms with van der Waals surface area (Å²) >= 11 is 0. The van der Waals surface area contributed by atoms with Gasteiger partial charge in [-0.3, -0.25) is 14.4 Å². The van der Waals surface area contributed by atoms with E-state index in [1.165, 1.54) is 29.3 Å². The molecule has 688 valence electrons. The number of aryl methyl sites for hydroxylation is 3. The Bertz CT molecular complexity index is 6170. The molecule has 0 amide bonds. The lowest BCUT2D eigenvalue weighted by Crippen LogP contribution is -2.33. The quantitative estimate of drug-likeness (QED) is 0.0450. The fourth-order valence-electron chi connectivity index (χ4n) is 18.8. The van der Waals surface area contributed by atoms with Gasteiger partial charge in [0.15, 0.2) is 0 Å². The number of hydrogen-bond donors (Lipinski definition) is 0. The molecule has 25 heteroatoms. The fraction of sp³-hybridized carbons (Fsp3) is 0.324. The zero-order valence-electron chi connectivity index (χ0n) is 74.9. The number of benzene rings is 6. The Hall–Kier alpha value is -14.1. The lowest BCUT2D eigenvalue weighted by molar-refractivity contribution is -0.274. The van der Waals surface area contributed by atoms with E-state index in [0.717, 1.165) is 84.3 Å². The molecule has 0 saturated carbocycles. The predicted octanol–water partition coefficient (Wildman–Crippen LogP) is 18.9. The lowest BCUT2D eigenvalue weighted by atomic mass is 9.85. The van der Waals surface area contributed by atoms with Crippen LogP contribution in [-0.4, -0.2) is 133 Å². The number of alkyl halides is 3. The molecule has 4 saturated heterocycles. The van der Waals surface area contributed by atoms with Crippen LogP contribution < -0.4 is 4.74 Å². The fourth-order valence-corrected chi connectivity index (χ4v) is 18.8. The van der Waals surface area contributed by atoms with Gasteiger partial charge in [0.1, 0.15) is 96.3 Å². The van der Waals surface area contributed by atoms with Crippen LogP contribution in [0, 0.1) is 44.4 Å². The summed E-state index contributed by atoms with van der Waals surface area (Å²) < 4.78 is 110. The lowest BCUT2D eigenvalue weighted by Gasteiger charge is -2.26.